The third-order valence-electron chi connectivity index (χ3n) is 4.96. The molecule has 4 rings (SSSR count). The lowest BCUT2D eigenvalue weighted by molar-refractivity contribution is 0.259. The number of halogens is 2. The molecule has 1 saturated carbocycles. The number of carbonyl (C=O) groups is 1. The van der Waals surface area contributed by atoms with Gasteiger partial charge in [-0.25, -0.2) is 13.6 Å². The van der Waals surface area contributed by atoms with Crippen LogP contribution in [0.2, 0.25) is 0 Å². The minimum absolute atomic E-state index is 0.230. The van der Waals surface area contributed by atoms with E-state index in [2.05, 4.69) is 25.8 Å². The molecule has 0 spiro atoms. The van der Waals surface area contributed by atoms with Crippen LogP contribution in [0.1, 0.15) is 25.0 Å². The van der Waals surface area contributed by atoms with E-state index in [1.807, 2.05) is 0 Å². The number of urea groups is 1. The molecule has 1 aliphatic carbocycles. The van der Waals surface area contributed by atoms with E-state index in [0.29, 0.717) is 17.2 Å². The average Bonchev–Trinajstić information content (AvgIpc) is 2.66. The van der Waals surface area contributed by atoms with Crippen LogP contribution in [0.4, 0.5) is 25.1 Å². The van der Waals surface area contributed by atoms with Gasteiger partial charge in [0.1, 0.15) is 23.1 Å². The van der Waals surface area contributed by atoms with Crippen LogP contribution in [0.3, 0.4) is 0 Å². The van der Waals surface area contributed by atoms with Gasteiger partial charge in [-0.3, -0.25) is 4.98 Å². The second kappa shape index (κ2) is 7.42. The summed E-state index contributed by atoms with van der Waals surface area (Å²) in [7, 11) is 0. The molecule has 0 atom stereocenters. The molecule has 2 amide bonds. The molecule has 0 unspecified atom stereocenters. The number of nitrogens with zero attached hydrogens (tertiary/aromatic N) is 3. The molecule has 148 valence electrons. The smallest absolute Gasteiger partial charge is 0.316 e. The molecule has 0 bridgehead atoms. The van der Waals surface area contributed by atoms with Gasteiger partial charge < -0.3 is 16.4 Å². The molecular weight excluding hydrogens is 378 g/mol. The number of carbonyl (C=O) groups excluding carboxylic acids is 1. The molecule has 7 nitrogen and oxygen atoms in total. The number of nitrogens with two attached hydrogens (primary N) is 1. The van der Waals surface area contributed by atoms with Crippen molar-refractivity contribution >= 4 is 17.5 Å². The van der Waals surface area contributed by atoms with Gasteiger partial charge >= 0.3 is 6.03 Å². The predicted molar refractivity (Wildman–Crippen MR) is 104 cm³/mol. The summed E-state index contributed by atoms with van der Waals surface area (Å²) in [4.78, 5) is 15.1. The molecule has 1 aromatic carbocycles. The number of hydrogen-bond acceptors (Lipinski definition) is 5. The van der Waals surface area contributed by atoms with E-state index >= 15 is 0 Å². The number of pyridine rings is 1. The van der Waals surface area contributed by atoms with Crippen LogP contribution < -0.4 is 16.4 Å². The highest BCUT2D eigenvalue weighted by Gasteiger charge is 2.42. The Morgan fingerprint density at radius 3 is 2.48 bits per heavy atom. The fourth-order valence-electron chi connectivity index (χ4n) is 3.42. The van der Waals surface area contributed by atoms with Gasteiger partial charge in [-0.05, 0) is 61.7 Å². The Hall–Kier alpha value is -3.62. The summed E-state index contributed by atoms with van der Waals surface area (Å²) in [6.45, 7) is 0. The lowest BCUT2D eigenvalue weighted by Crippen LogP contribution is -2.43. The molecule has 0 aliphatic heterocycles. The van der Waals surface area contributed by atoms with Gasteiger partial charge in [0.15, 0.2) is 0 Å². The molecule has 2 heterocycles. The summed E-state index contributed by atoms with van der Waals surface area (Å²) in [6, 6.07) is 9.60. The Kier molecular flexibility index (Phi) is 4.79. The highest BCUT2D eigenvalue weighted by atomic mass is 19.1. The lowest BCUT2D eigenvalue weighted by Gasteiger charge is -2.42. The number of nitrogens with one attached hydrogen (secondary N) is 2. The average molecular weight is 396 g/mol. The maximum atomic E-state index is 14.4. The molecule has 0 radical (unpaired) electrons. The third kappa shape index (κ3) is 3.71. The third-order valence-corrected chi connectivity index (χ3v) is 4.96. The molecule has 1 aliphatic rings. The van der Waals surface area contributed by atoms with Crippen LogP contribution in [0.25, 0.3) is 11.3 Å². The predicted octanol–water partition coefficient (Wildman–Crippen LogP) is 3.80. The van der Waals surface area contributed by atoms with Gasteiger partial charge in [0.2, 0.25) is 0 Å². The molecule has 1 fully saturated rings. The second-order valence-electron chi connectivity index (χ2n) is 6.88. The van der Waals surface area contributed by atoms with Crippen molar-refractivity contribution in [2.45, 2.75) is 24.8 Å². The highest BCUT2D eigenvalue weighted by Crippen LogP contribution is 2.43. The van der Waals surface area contributed by atoms with Crippen molar-refractivity contribution in [1.29, 1.82) is 0 Å². The fourth-order valence-corrected chi connectivity index (χ4v) is 3.42. The summed E-state index contributed by atoms with van der Waals surface area (Å²) in [5.74, 6) is -0.487. The van der Waals surface area contributed by atoms with Crippen molar-refractivity contribution in [2.24, 2.45) is 5.73 Å². The quantitative estimate of drug-likeness (QED) is 0.608. The van der Waals surface area contributed by atoms with Crippen LogP contribution in [0.15, 0.2) is 48.7 Å². The maximum absolute atomic E-state index is 14.4. The topological polar surface area (TPSA) is 106 Å². The van der Waals surface area contributed by atoms with Crippen LogP contribution in [0.5, 0.6) is 0 Å². The van der Waals surface area contributed by atoms with Crippen molar-refractivity contribution in [3.8, 4) is 11.3 Å². The highest BCUT2D eigenvalue weighted by molar-refractivity contribution is 5.88. The Balaban J connectivity index is 1.55. The summed E-state index contributed by atoms with van der Waals surface area (Å²) in [6.07, 6.45) is 3.97. The summed E-state index contributed by atoms with van der Waals surface area (Å²) in [5.41, 5.74) is 5.57. The van der Waals surface area contributed by atoms with E-state index in [1.54, 1.807) is 24.4 Å². The Morgan fingerprint density at radius 2 is 1.90 bits per heavy atom. The van der Waals surface area contributed by atoms with Crippen molar-refractivity contribution in [1.82, 2.24) is 15.2 Å². The van der Waals surface area contributed by atoms with Gasteiger partial charge in [0.05, 0.1) is 11.2 Å². The standard InChI is InChI=1S/C20H18F2N6O/c21-14-3-1-10-24-18(14)20(8-2-9-20)26-17-7-6-16(27-28-17)13-5-4-12(11-15(13)22)25-19(23)29/h1,3-7,10-11H,2,8-9H2,(H,26,28)(H3,23,25,29). The van der Waals surface area contributed by atoms with Crippen LogP contribution in [-0.2, 0) is 5.54 Å². The zero-order chi connectivity index (χ0) is 20.4. The number of aromatic nitrogens is 3. The number of amides is 2. The number of benzene rings is 1. The van der Waals surface area contributed by atoms with Crippen molar-refractivity contribution in [3.63, 3.8) is 0 Å². The van der Waals surface area contributed by atoms with E-state index in [-0.39, 0.29) is 17.1 Å². The van der Waals surface area contributed by atoms with Gasteiger partial charge in [-0.15, -0.1) is 10.2 Å². The first-order chi connectivity index (χ1) is 14.0. The largest absolute Gasteiger partial charge is 0.357 e. The van der Waals surface area contributed by atoms with E-state index in [4.69, 9.17) is 5.73 Å². The van der Waals surface area contributed by atoms with Crippen LogP contribution in [-0.4, -0.2) is 21.2 Å². The number of anilines is 2. The molecule has 4 N–H and O–H groups in total. The Morgan fingerprint density at radius 1 is 1.07 bits per heavy atom. The normalized spacial score (nSPS) is 14.7. The molecular formula is C20H18F2N6O. The second-order valence-corrected chi connectivity index (χ2v) is 6.88. The molecule has 9 heteroatoms. The van der Waals surface area contributed by atoms with Crippen molar-refractivity contribution in [3.05, 3.63) is 66.0 Å². The summed E-state index contributed by atoms with van der Waals surface area (Å²) in [5, 5.41) is 13.8. The first kappa shape index (κ1) is 18.7. The van der Waals surface area contributed by atoms with Gasteiger partial charge in [0.25, 0.3) is 0 Å². The lowest BCUT2D eigenvalue weighted by atomic mass is 9.74. The zero-order valence-electron chi connectivity index (χ0n) is 15.3. The summed E-state index contributed by atoms with van der Waals surface area (Å²) < 4.78 is 28.6. The monoisotopic (exact) mass is 396 g/mol. The zero-order valence-corrected chi connectivity index (χ0v) is 15.3. The van der Waals surface area contributed by atoms with Crippen LogP contribution >= 0.6 is 0 Å². The SMILES string of the molecule is NC(=O)Nc1ccc(-c2ccc(NC3(c4ncccc4F)CCC3)nn2)c(F)c1. The van der Waals surface area contributed by atoms with Gasteiger partial charge in [-0.2, -0.15) is 0 Å². The molecule has 0 saturated heterocycles. The van der Waals surface area contributed by atoms with Crippen molar-refractivity contribution in [2.75, 3.05) is 10.6 Å². The van der Waals surface area contributed by atoms with Gasteiger partial charge in [0, 0.05) is 17.4 Å². The van der Waals surface area contributed by atoms with Crippen molar-refractivity contribution < 1.29 is 13.6 Å². The van der Waals surface area contributed by atoms with Crippen LogP contribution in [0, 0.1) is 11.6 Å². The molecule has 29 heavy (non-hydrogen) atoms. The maximum Gasteiger partial charge on any atom is 0.316 e. The Labute approximate surface area is 165 Å². The van der Waals surface area contributed by atoms with Gasteiger partial charge in [-0.1, -0.05) is 0 Å². The van der Waals surface area contributed by atoms with E-state index in [0.717, 1.165) is 25.3 Å². The minimum atomic E-state index is -0.776. The number of rotatable bonds is 5. The van der Waals surface area contributed by atoms with E-state index in [9.17, 15) is 13.6 Å². The fraction of sp³-hybridized carbons (Fsp3) is 0.200. The molecule has 2 aromatic heterocycles. The summed E-state index contributed by atoms with van der Waals surface area (Å²) >= 11 is 0. The number of primary amides is 1. The molecule has 3 aromatic rings. The first-order valence-corrected chi connectivity index (χ1v) is 9.06. The van der Waals surface area contributed by atoms with E-state index < -0.39 is 17.4 Å². The first-order valence-electron chi connectivity index (χ1n) is 9.06. The number of hydrogen-bond donors (Lipinski definition) is 3. The minimum Gasteiger partial charge on any atom is -0.357 e. The Bertz CT molecular complexity index is 1050. The van der Waals surface area contributed by atoms with E-state index in [1.165, 1.54) is 18.2 Å².